The Morgan fingerprint density at radius 2 is 1.91 bits per heavy atom. The number of amides is 1. The van der Waals surface area contributed by atoms with Crippen LogP contribution < -0.4 is 10.6 Å². The van der Waals surface area contributed by atoms with Gasteiger partial charge in [0.2, 0.25) is 5.91 Å². The number of anilines is 1. The van der Waals surface area contributed by atoms with E-state index in [1.807, 2.05) is 55.6 Å². The number of rotatable bonds is 7. The third kappa shape index (κ3) is 4.44. The van der Waals surface area contributed by atoms with E-state index in [0.717, 1.165) is 11.4 Å². The molecule has 3 aromatic rings. The van der Waals surface area contributed by atoms with Crippen molar-refractivity contribution >= 4 is 28.9 Å². The highest BCUT2D eigenvalue weighted by atomic mass is 32.1. The lowest BCUT2D eigenvalue weighted by molar-refractivity contribution is -0.116. The molecule has 176 valence electrons. The van der Waals surface area contributed by atoms with E-state index in [4.69, 9.17) is 12.2 Å². The third-order valence-electron chi connectivity index (χ3n) is 6.87. The predicted molar refractivity (Wildman–Crippen MR) is 139 cm³/mol. The van der Waals surface area contributed by atoms with Gasteiger partial charge >= 0.3 is 0 Å². The molecule has 2 aromatic heterocycles. The van der Waals surface area contributed by atoms with Crippen LogP contribution in [0.15, 0.2) is 54.7 Å². The van der Waals surface area contributed by atoms with Crippen LogP contribution in [0.3, 0.4) is 0 Å². The molecule has 34 heavy (non-hydrogen) atoms. The van der Waals surface area contributed by atoms with E-state index in [0.29, 0.717) is 24.1 Å². The Morgan fingerprint density at radius 3 is 2.59 bits per heavy atom. The minimum absolute atomic E-state index is 0.0184. The Morgan fingerprint density at radius 1 is 1.15 bits per heavy atom. The fourth-order valence-electron chi connectivity index (χ4n) is 5.06. The number of benzene rings is 1. The molecule has 0 unspecified atom stereocenters. The molecular formula is C27H31N5OS. The first-order chi connectivity index (χ1) is 16.4. The summed E-state index contributed by atoms with van der Waals surface area (Å²) < 4.78 is 2.47. The Hall–Kier alpha value is -3.19. The number of hydrogen-bond donors (Lipinski definition) is 2. The van der Waals surface area contributed by atoms with Crippen molar-refractivity contribution in [1.29, 1.82) is 0 Å². The molecule has 1 saturated heterocycles. The summed E-state index contributed by atoms with van der Waals surface area (Å²) in [5.41, 5.74) is 6.76. The van der Waals surface area contributed by atoms with Crippen molar-refractivity contribution in [2.24, 2.45) is 0 Å². The largest absolute Gasteiger partial charge is 0.352 e. The molecular weight excluding hydrogens is 442 g/mol. The quantitative estimate of drug-likeness (QED) is 0.465. The summed E-state index contributed by atoms with van der Waals surface area (Å²) in [6, 6.07) is 16.7. The highest BCUT2D eigenvalue weighted by Gasteiger charge is 2.42. The summed E-state index contributed by atoms with van der Waals surface area (Å²) in [5.74, 6) is -0.0184. The van der Waals surface area contributed by atoms with Crippen molar-refractivity contribution < 1.29 is 4.79 Å². The van der Waals surface area contributed by atoms with Crippen molar-refractivity contribution in [3.63, 3.8) is 0 Å². The maximum atomic E-state index is 12.8. The monoisotopic (exact) mass is 473 g/mol. The van der Waals surface area contributed by atoms with E-state index < -0.39 is 0 Å². The molecule has 6 nitrogen and oxygen atoms in total. The smallest absolute Gasteiger partial charge is 0.226 e. The van der Waals surface area contributed by atoms with Crippen molar-refractivity contribution in [2.75, 3.05) is 11.9 Å². The van der Waals surface area contributed by atoms with Gasteiger partial charge in [0.15, 0.2) is 5.11 Å². The van der Waals surface area contributed by atoms with Gasteiger partial charge in [0.05, 0.1) is 17.8 Å². The van der Waals surface area contributed by atoms with Crippen LogP contribution in [0.4, 0.5) is 5.69 Å². The van der Waals surface area contributed by atoms with Crippen LogP contribution in [0.25, 0.3) is 0 Å². The average molecular weight is 474 g/mol. The number of thiocarbonyl (C=S) groups is 1. The zero-order chi connectivity index (χ0) is 23.8. The van der Waals surface area contributed by atoms with E-state index >= 15 is 0 Å². The molecule has 0 radical (unpaired) electrons. The summed E-state index contributed by atoms with van der Waals surface area (Å²) in [4.78, 5) is 19.6. The second-order valence-corrected chi connectivity index (χ2v) is 9.80. The van der Waals surface area contributed by atoms with Gasteiger partial charge < -0.3 is 20.1 Å². The second-order valence-electron chi connectivity index (χ2n) is 9.41. The molecule has 1 aliphatic carbocycles. The number of pyridine rings is 1. The Labute approximate surface area is 206 Å². The van der Waals surface area contributed by atoms with Crippen LogP contribution in [0.5, 0.6) is 0 Å². The number of aromatic nitrogens is 2. The molecule has 0 bridgehead atoms. The maximum Gasteiger partial charge on any atom is 0.226 e. The SMILES string of the molecule is Cc1ccc(NC(=O)CCN2C(=S)N[C@@H](c3ccccn3)[C@H]2c2cc(C)n(C3CC3)c2C)cc1. The summed E-state index contributed by atoms with van der Waals surface area (Å²) in [6.07, 6.45) is 4.65. The Kier molecular flexibility index (Phi) is 6.13. The van der Waals surface area contributed by atoms with Crippen LogP contribution in [-0.4, -0.2) is 32.0 Å². The van der Waals surface area contributed by atoms with Crippen LogP contribution >= 0.6 is 12.2 Å². The Bertz CT molecular complexity index is 1200. The number of nitrogens with zero attached hydrogens (tertiary/aromatic N) is 3. The van der Waals surface area contributed by atoms with E-state index in [-0.39, 0.29) is 18.0 Å². The number of hydrogen-bond acceptors (Lipinski definition) is 3. The number of carbonyl (C=O) groups excluding carboxylic acids is 1. The normalized spacial score (nSPS) is 19.9. The summed E-state index contributed by atoms with van der Waals surface area (Å²) in [5, 5.41) is 7.18. The van der Waals surface area contributed by atoms with Gasteiger partial charge in [0.1, 0.15) is 0 Å². The van der Waals surface area contributed by atoms with Crippen LogP contribution in [0.1, 0.15) is 65.6 Å². The lowest BCUT2D eigenvalue weighted by Crippen LogP contribution is -2.32. The molecule has 0 spiro atoms. The summed E-state index contributed by atoms with van der Waals surface area (Å²) in [7, 11) is 0. The van der Waals surface area contributed by atoms with Crippen molar-refractivity contribution in [3.05, 3.63) is 82.9 Å². The van der Waals surface area contributed by atoms with Crippen LogP contribution in [0, 0.1) is 20.8 Å². The zero-order valence-electron chi connectivity index (χ0n) is 19.9. The minimum Gasteiger partial charge on any atom is -0.352 e. The van der Waals surface area contributed by atoms with Crippen molar-refractivity contribution in [1.82, 2.24) is 19.8 Å². The first kappa shape index (κ1) is 22.6. The molecule has 5 rings (SSSR count). The maximum absolute atomic E-state index is 12.8. The Balaban J connectivity index is 1.40. The molecule has 2 atom stereocenters. The second kappa shape index (κ2) is 9.22. The van der Waals surface area contributed by atoms with Crippen LogP contribution in [0.2, 0.25) is 0 Å². The van der Waals surface area contributed by atoms with Crippen LogP contribution in [-0.2, 0) is 4.79 Å². The summed E-state index contributed by atoms with van der Waals surface area (Å²) >= 11 is 5.79. The van der Waals surface area contributed by atoms with E-state index in [1.54, 1.807) is 0 Å². The highest BCUT2D eigenvalue weighted by Crippen LogP contribution is 2.44. The van der Waals surface area contributed by atoms with Gasteiger partial charge in [0, 0.05) is 42.3 Å². The molecule has 2 N–H and O–H groups in total. The molecule has 1 aromatic carbocycles. The standard InChI is InChI=1S/C27H31N5OS/c1-17-7-9-20(10-8-17)29-24(33)13-15-31-26(22-16-18(2)32(19(22)3)21-11-12-21)25(30-27(31)34)23-6-4-5-14-28-23/h4-10,14,16,21,25-26H,11-13,15H2,1-3H3,(H,29,33)(H,30,34)/t25-,26+/m0/s1. The number of carbonyl (C=O) groups is 1. The first-order valence-corrected chi connectivity index (χ1v) is 12.4. The van der Waals surface area contributed by atoms with Gasteiger partial charge in [-0.25, -0.2) is 0 Å². The van der Waals surface area contributed by atoms with Gasteiger partial charge in [-0.2, -0.15) is 0 Å². The van der Waals surface area contributed by atoms with Crippen molar-refractivity contribution in [2.45, 2.75) is 58.2 Å². The lowest BCUT2D eigenvalue weighted by Gasteiger charge is -2.28. The number of nitrogens with one attached hydrogen (secondary N) is 2. The lowest BCUT2D eigenvalue weighted by atomic mass is 9.96. The zero-order valence-corrected chi connectivity index (χ0v) is 20.7. The molecule has 1 saturated carbocycles. The molecule has 2 fully saturated rings. The minimum atomic E-state index is -0.0676. The predicted octanol–water partition coefficient (Wildman–Crippen LogP) is 5.14. The fourth-order valence-corrected chi connectivity index (χ4v) is 5.40. The van der Waals surface area contributed by atoms with Gasteiger partial charge in [-0.3, -0.25) is 9.78 Å². The molecule has 7 heteroatoms. The molecule has 3 heterocycles. The molecule has 1 amide bonds. The third-order valence-corrected chi connectivity index (χ3v) is 7.22. The van der Waals surface area contributed by atoms with Gasteiger partial charge in [-0.1, -0.05) is 23.8 Å². The molecule has 2 aliphatic rings. The van der Waals surface area contributed by atoms with E-state index in [9.17, 15) is 4.79 Å². The van der Waals surface area contributed by atoms with Crippen molar-refractivity contribution in [3.8, 4) is 0 Å². The van der Waals surface area contributed by atoms with Gasteiger partial charge in [-0.05, 0) is 81.7 Å². The topological polar surface area (TPSA) is 62.2 Å². The first-order valence-electron chi connectivity index (χ1n) is 12.0. The van der Waals surface area contributed by atoms with Gasteiger partial charge in [0.25, 0.3) is 0 Å². The van der Waals surface area contributed by atoms with Gasteiger partial charge in [-0.15, -0.1) is 0 Å². The fraction of sp³-hybridized carbons (Fsp3) is 0.370. The molecule has 1 aliphatic heterocycles. The van der Waals surface area contributed by atoms with E-state index in [1.165, 1.54) is 35.4 Å². The highest BCUT2D eigenvalue weighted by molar-refractivity contribution is 7.80. The number of aryl methyl sites for hydroxylation is 2. The summed E-state index contributed by atoms with van der Waals surface area (Å²) in [6.45, 7) is 6.96. The van der Waals surface area contributed by atoms with E-state index in [2.05, 4.69) is 45.0 Å². The average Bonchev–Trinajstić information content (AvgIpc) is 3.54.